The van der Waals surface area contributed by atoms with Gasteiger partial charge < -0.3 is 4.55 Å². The summed E-state index contributed by atoms with van der Waals surface area (Å²) in [6.07, 6.45) is -4.54. The van der Waals surface area contributed by atoms with Crippen molar-refractivity contribution in [1.29, 1.82) is 0 Å². The number of hydrogen-bond acceptors (Lipinski definition) is 3. The van der Waals surface area contributed by atoms with Gasteiger partial charge >= 0.3 is 6.18 Å². The zero-order valence-electron chi connectivity index (χ0n) is 7.28. The molecule has 1 aromatic rings. The molecule has 0 saturated heterocycles. The van der Waals surface area contributed by atoms with Crippen molar-refractivity contribution in [1.82, 2.24) is 0 Å². The number of hydrogen-bond donors (Lipinski definition) is 0. The van der Waals surface area contributed by atoms with Gasteiger partial charge in [0.15, 0.2) is 0 Å². The SMILES string of the molecule is O=S(=O)([O-])Cc1cccc(C(F)(F)F)c1. The molecule has 0 aliphatic heterocycles. The first-order valence-corrected chi connectivity index (χ1v) is 5.36. The van der Waals surface area contributed by atoms with Gasteiger partial charge in [0.2, 0.25) is 0 Å². The Hall–Kier alpha value is -1.08. The summed E-state index contributed by atoms with van der Waals surface area (Å²) in [5.41, 5.74) is -1.14. The molecule has 0 atom stereocenters. The summed E-state index contributed by atoms with van der Waals surface area (Å²) in [4.78, 5) is 0. The molecule has 1 rings (SSSR count). The van der Waals surface area contributed by atoms with Crippen LogP contribution in [-0.4, -0.2) is 13.0 Å². The second-order valence-corrected chi connectivity index (χ2v) is 4.30. The molecular weight excluding hydrogens is 233 g/mol. The molecular formula is C8H6F3O3S-. The second-order valence-electron chi connectivity index (χ2n) is 2.90. The molecule has 0 spiro atoms. The van der Waals surface area contributed by atoms with E-state index < -0.39 is 27.6 Å². The third-order valence-electron chi connectivity index (χ3n) is 1.60. The van der Waals surface area contributed by atoms with Crippen molar-refractivity contribution in [2.75, 3.05) is 0 Å². The summed E-state index contributed by atoms with van der Waals surface area (Å²) < 4.78 is 67.5. The molecule has 84 valence electrons. The molecule has 1 aromatic carbocycles. The third kappa shape index (κ3) is 3.88. The molecule has 0 aliphatic rings. The van der Waals surface area contributed by atoms with Gasteiger partial charge in [0.25, 0.3) is 0 Å². The zero-order valence-corrected chi connectivity index (χ0v) is 8.10. The molecule has 0 unspecified atom stereocenters. The lowest BCUT2D eigenvalue weighted by Gasteiger charge is -2.10. The fourth-order valence-electron chi connectivity index (χ4n) is 1.04. The van der Waals surface area contributed by atoms with Gasteiger partial charge in [0.05, 0.1) is 21.4 Å². The van der Waals surface area contributed by atoms with Gasteiger partial charge in [-0.3, -0.25) is 0 Å². The molecule has 0 fully saturated rings. The van der Waals surface area contributed by atoms with Crippen LogP contribution in [0.15, 0.2) is 24.3 Å². The first kappa shape index (κ1) is 12.0. The van der Waals surface area contributed by atoms with Gasteiger partial charge in [-0.1, -0.05) is 18.2 Å². The second kappa shape index (κ2) is 3.82. The summed E-state index contributed by atoms with van der Waals surface area (Å²) in [5, 5.41) is 0. The Morgan fingerprint density at radius 1 is 1.27 bits per heavy atom. The zero-order chi connectivity index (χ0) is 11.7. The number of halogens is 3. The van der Waals surface area contributed by atoms with E-state index in [0.29, 0.717) is 6.07 Å². The van der Waals surface area contributed by atoms with E-state index in [1.54, 1.807) is 0 Å². The van der Waals surface area contributed by atoms with Crippen LogP contribution in [0, 0.1) is 0 Å². The Labute approximate surface area is 84.3 Å². The Balaban J connectivity index is 3.04. The standard InChI is InChI=1S/C8H7F3O3S/c9-8(10,11)7-3-1-2-6(4-7)5-15(12,13)14/h1-4H,5H2,(H,12,13,14)/p-1. The monoisotopic (exact) mass is 239 g/mol. The van der Waals surface area contributed by atoms with Crippen LogP contribution in [0.2, 0.25) is 0 Å². The van der Waals surface area contributed by atoms with E-state index in [4.69, 9.17) is 0 Å². The molecule has 0 aliphatic carbocycles. The van der Waals surface area contributed by atoms with Gasteiger partial charge in [0.1, 0.15) is 0 Å². The van der Waals surface area contributed by atoms with Crippen LogP contribution >= 0.6 is 0 Å². The molecule has 0 amide bonds. The van der Waals surface area contributed by atoms with E-state index in [1.807, 2.05) is 0 Å². The van der Waals surface area contributed by atoms with Gasteiger partial charge in [0, 0.05) is 0 Å². The topological polar surface area (TPSA) is 57.2 Å². The molecule has 0 aromatic heterocycles. The smallest absolute Gasteiger partial charge is 0.416 e. The first-order chi connectivity index (χ1) is 6.68. The largest absolute Gasteiger partial charge is 0.748 e. The van der Waals surface area contributed by atoms with Gasteiger partial charge in [-0.2, -0.15) is 13.2 Å². The fraction of sp³-hybridized carbons (Fsp3) is 0.250. The Bertz CT molecular complexity index is 450. The summed E-state index contributed by atoms with van der Waals surface area (Å²) in [6, 6.07) is 3.67. The van der Waals surface area contributed by atoms with Crippen LogP contribution in [0.4, 0.5) is 13.2 Å². The highest BCUT2D eigenvalue weighted by Crippen LogP contribution is 2.29. The van der Waals surface area contributed by atoms with Crippen molar-refractivity contribution in [2.45, 2.75) is 11.9 Å². The molecule has 0 radical (unpaired) electrons. The summed E-state index contributed by atoms with van der Waals surface area (Å²) >= 11 is 0. The van der Waals surface area contributed by atoms with Crippen molar-refractivity contribution in [3.05, 3.63) is 35.4 Å². The molecule has 7 heteroatoms. The quantitative estimate of drug-likeness (QED) is 0.739. The lowest BCUT2D eigenvalue weighted by Crippen LogP contribution is -2.07. The molecule has 3 nitrogen and oxygen atoms in total. The normalized spacial score (nSPS) is 12.8. The van der Waals surface area contributed by atoms with Crippen LogP contribution in [0.3, 0.4) is 0 Å². The molecule has 0 saturated carbocycles. The average Bonchev–Trinajstić information content (AvgIpc) is 1.99. The van der Waals surface area contributed by atoms with Crippen LogP contribution in [-0.2, 0) is 22.0 Å². The van der Waals surface area contributed by atoms with Crippen LogP contribution in [0.1, 0.15) is 11.1 Å². The maximum atomic E-state index is 12.2. The van der Waals surface area contributed by atoms with Gasteiger partial charge in [-0.05, 0) is 11.6 Å². The van der Waals surface area contributed by atoms with Crippen molar-refractivity contribution < 1.29 is 26.1 Å². The van der Waals surface area contributed by atoms with E-state index in [-0.39, 0.29) is 5.56 Å². The van der Waals surface area contributed by atoms with E-state index in [1.165, 1.54) is 0 Å². The highest BCUT2D eigenvalue weighted by Gasteiger charge is 2.30. The minimum Gasteiger partial charge on any atom is -0.748 e. The summed E-state index contributed by atoms with van der Waals surface area (Å²) in [6.45, 7) is 0. The van der Waals surface area contributed by atoms with Crippen LogP contribution in [0.5, 0.6) is 0 Å². The van der Waals surface area contributed by atoms with Crippen LogP contribution in [0.25, 0.3) is 0 Å². The third-order valence-corrected chi connectivity index (χ3v) is 2.28. The number of alkyl halides is 3. The average molecular weight is 239 g/mol. The summed E-state index contributed by atoms with van der Waals surface area (Å²) in [5.74, 6) is -0.934. The summed E-state index contributed by atoms with van der Waals surface area (Å²) in [7, 11) is -4.56. The van der Waals surface area contributed by atoms with Gasteiger partial charge in [-0.25, -0.2) is 8.42 Å². The van der Waals surface area contributed by atoms with Gasteiger partial charge in [-0.15, -0.1) is 0 Å². The molecule has 15 heavy (non-hydrogen) atoms. The van der Waals surface area contributed by atoms with Crippen molar-refractivity contribution in [3.63, 3.8) is 0 Å². The fourth-order valence-corrected chi connectivity index (χ4v) is 1.63. The first-order valence-electron chi connectivity index (χ1n) is 3.78. The van der Waals surface area contributed by atoms with E-state index in [9.17, 15) is 26.1 Å². The lowest BCUT2D eigenvalue weighted by molar-refractivity contribution is -0.137. The van der Waals surface area contributed by atoms with Crippen molar-refractivity contribution in [3.8, 4) is 0 Å². The van der Waals surface area contributed by atoms with E-state index in [2.05, 4.69) is 0 Å². The highest BCUT2D eigenvalue weighted by atomic mass is 32.2. The number of benzene rings is 1. The maximum absolute atomic E-state index is 12.2. The Kier molecular flexibility index (Phi) is 3.05. The molecule has 0 N–H and O–H groups in total. The molecule has 0 heterocycles. The predicted octanol–water partition coefficient (Wildman–Crippen LogP) is 1.75. The van der Waals surface area contributed by atoms with Crippen LogP contribution < -0.4 is 0 Å². The minimum absolute atomic E-state index is 0.167. The Morgan fingerprint density at radius 2 is 1.87 bits per heavy atom. The van der Waals surface area contributed by atoms with Crippen molar-refractivity contribution >= 4 is 10.1 Å². The minimum atomic E-state index is -4.56. The molecule has 0 bridgehead atoms. The maximum Gasteiger partial charge on any atom is 0.416 e. The van der Waals surface area contributed by atoms with Crippen molar-refractivity contribution in [2.24, 2.45) is 0 Å². The Morgan fingerprint density at radius 3 is 2.33 bits per heavy atom. The predicted molar refractivity (Wildman–Crippen MR) is 44.8 cm³/mol. The van der Waals surface area contributed by atoms with E-state index in [0.717, 1.165) is 18.2 Å². The lowest BCUT2D eigenvalue weighted by atomic mass is 10.1. The van der Waals surface area contributed by atoms with E-state index >= 15 is 0 Å². The highest BCUT2D eigenvalue weighted by molar-refractivity contribution is 7.84. The number of rotatable bonds is 2.